The van der Waals surface area contributed by atoms with E-state index in [0.717, 1.165) is 22.7 Å². The van der Waals surface area contributed by atoms with Crippen LogP contribution >= 0.6 is 11.3 Å². The lowest BCUT2D eigenvalue weighted by atomic mass is 10.0. The van der Waals surface area contributed by atoms with Gasteiger partial charge in [-0.25, -0.2) is 9.78 Å². The number of nitrogens with zero attached hydrogens (tertiary/aromatic N) is 1. The molecule has 2 rings (SSSR count). The Kier molecular flexibility index (Phi) is 8.26. The molecule has 0 bridgehead atoms. The first-order valence-electron chi connectivity index (χ1n) is 9.17. The van der Waals surface area contributed by atoms with Crippen molar-refractivity contribution in [3.63, 3.8) is 0 Å². The first-order chi connectivity index (χ1) is 13.0. The van der Waals surface area contributed by atoms with E-state index in [1.54, 1.807) is 6.92 Å². The Balaban J connectivity index is 1.86. The van der Waals surface area contributed by atoms with Crippen molar-refractivity contribution in [1.29, 1.82) is 0 Å². The summed E-state index contributed by atoms with van der Waals surface area (Å²) >= 11 is 1.53. The summed E-state index contributed by atoms with van der Waals surface area (Å²) in [5.41, 5.74) is 1.79. The van der Waals surface area contributed by atoms with Crippen LogP contribution in [-0.4, -0.2) is 36.2 Å². The van der Waals surface area contributed by atoms with Crippen LogP contribution in [0.15, 0.2) is 35.7 Å². The Labute approximate surface area is 164 Å². The molecule has 27 heavy (non-hydrogen) atoms. The van der Waals surface area contributed by atoms with E-state index < -0.39 is 6.09 Å². The monoisotopic (exact) mass is 389 g/mol. The number of nitrogens with one attached hydrogen (secondary N) is 2. The van der Waals surface area contributed by atoms with Gasteiger partial charge in [-0.1, -0.05) is 44.2 Å². The van der Waals surface area contributed by atoms with Crippen LogP contribution in [0.1, 0.15) is 32.9 Å². The van der Waals surface area contributed by atoms with Crippen LogP contribution in [0, 0.1) is 5.92 Å². The highest BCUT2D eigenvalue weighted by Crippen LogP contribution is 2.23. The number of hydrogen-bond acceptors (Lipinski definition) is 5. The second-order valence-electron chi connectivity index (χ2n) is 6.68. The van der Waals surface area contributed by atoms with Crippen LogP contribution < -0.4 is 10.6 Å². The fourth-order valence-corrected chi connectivity index (χ4v) is 3.49. The number of hydrogen-bond donors (Lipinski definition) is 2. The number of alkyl carbamates (subject to hydrolysis) is 1. The first-order valence-corrected chi connectivity index (χ1v) is 10.1. The molecule has 6 nitrogen and oxygen atoms in total. The van der Waals surface area contributed by atoms with Crippen molar-refractivity contribution in [3.8, 4) is 10.6 Å². The second-order valence-corrected chi connectivity index (χ2v) is 7.54. The van der Waals surface area contributed by atoms with Crippen LogP contribution in [-0.2, 0) is 16.0 Å². The molecule has 1 aromatic heterocycles. The quantitative estimate of drug-likeness (QED) is 0.686. The molecule has 0 saturated carbocycles. The number of ether oxygens (including phenoxy) is 1. The van der Waals surface area contributed by atoms with Gasteiger partial charge in [-0.05, 0) is 19.3 Å². The number of rotatable bonds is 9. The van der Waals surface area contributed by atoms with Crippen LogP contribution in [0.5, 0.6) is 0 Å². The number of amides is 2. The summed E-state index contributed by atoms with van der Waals surface area (Å²) < 4.78 is 4.93. The number of carbonyl (C=O) groups is 2. The topological polar surface area (TPSA) is 80.3 Å². The second kappa shape index (κ2) is 10.7. The number of thiazole rings is 1. The summed E-state index contributed by atoms with van der Waals surface area (Å²) in [5, 5.41) is 8.50. The van der Waals surface area contributed by atoms with E-state index in [4.69, 9.17) is 4.74 Å². The van der Waals surface area contributed by atoms with Crippen molar-refractivity contribution in [2.75, 3.05) is 13.2 Å². The van der Waals surface area contributed by atoms with E-state index in [2.05, 4.69) is 29.5 Å². The molecule has 0 radical (unpaired) electrons. The average molecular weight is 390 g/mol. The van der Waals surface area contributed by atoms with Gasteiger partial charge in [-0.15, -0.1) is 11.3 Å². The molecule has 1 atom stereocenters. The highest BCUT2D eigenvalue weighted by atomic mass is 32.1. The molecule has 1 aromatic carbocycles. The fraction of sp³-hybridized carbons (Fsp3) is 0.450. The predicted molar refractivity (Wildman–Crippen MR) is 108 cm³/mol. The molecule has 1 unspecified atom stereocenters. The van der Waals surface area contributed by atoms with Gasteiger partial charge in [-0.3, -0.25) is 4.79 Å². The van der Waals surface area contributed by atoms with E-state index in [-0.39, 0.29) is 18.4 Å². The molecule has 0 spiro atoms. The van der Waals surface area contributed by atoms with Gasteiger partial charge in [-0.2, -0.15) is 0 Å². The molecule has 0 saturated heterocycles. The smallest absolute Gasteiger partial charge is 0.407 e. The molecule has 0 fully saturated rings. The van der Waals surface area contributed by atoms with Gasteiger partial charge in [0.2, 0.25) is 5.91 Å². The first kappa shape index (κ1) is 20.9. The SMILES string of the molecule is CCOC(=O)NC(CNC(=O)Cc1csc(-c2ccccc2)n1)CC(C)C. The summed E-state index contributed by atoms with van der Waals surface area (Å²) in [6.07, 6.45) is 0.523. The molecule has 0 aliphatic carbocycles. The van der Waals surface area contributed by atoms with Crippen LogP contribution in [0.25, 0.3) is 10.6 Å². The number of carbonyl (C=O) groups excluding carboxylic acids is 2. The maximum absolute atomic E-state index is 12.3. The van der Waals surface area contributed by atoms with Crippen LogP contribution in [0.3, 0.4) is 0 Å². The third kappa shape index (κ3) is 7.38. The average Bonchev–Trinajstić information content (AvgIpc) is 3.08. The predicted octanol–water partition coefficient (Wildman–Crippen LogP) is 3.63. The van der Waals surface area contributed by atoms with Gasteiger partial charge in [0.15, 0.2) is 0 Å². The lowest BCUT2D eigenvalue weighted by Gasteiger charge is -2.20. The minimum absolute atomic E-state index is 0.112. The Morgan fingerprint density at radius 1 is 1.22 bits per heavy atom. The van der Waals surface area contributed by atoms with Gasteiger partial charge in [0.1, 0.15) is 5.01 Å². The minimum Gasteiger partial charge on any atom is -0.450 e. The highest BCUT2D eigenvalue weighted by Gasteiger charge is 2.16. The summed E-state index contributed by atoms with van der Waals surface area (Å²) in [7, 11) is 0. The normalized spacial score (nSPS) is 11.9. The number of benzene rings is 1. The van der Waals surface area contributed by atoms with Crippen molar-refractivity contribution in [1.82, 2.24) is 15.6 Å². The maximum atomic E-state index is 12.3. The number of aromatic nitrogens is 1. The summed E-state index contributed by atoms with van der Waals surface area (Å²) in [6.45, 7) is 6.59. The summed E-state index contributed by atoms with van der Waals surface area (Å²) in [5.74, 6) is 0.278. The van der Waals surface area contributed by atoms with E-state index in [9.17, 15) is 9.59 Å². The zero-order chi connectivity index (χ0) is 19.6. The summed E-state index contributed by atoms with van der Waals surface area (Å²) in [4.78, 5) is 28.5. The fourth-order valence-electron chi connectivity index (χ4n) is 2.67. The third-order valence-electron chi connectivity index (χ3n) is 3.81. The highest BCUT2D eigenvalue weighted by molar-refractivity contribution is 7.13. The van der Waals surface area contributed by atoms with E-state index in [1.165, 1.54) is 11.3 Å². The van der Waals surface area contributed by atoms with E-state index in [1.807, 2.05) is 35.7 Å². The largest absolute Gasteiger partial charge is 0.450 e. The van der Waals surface area contributed by atoms with Crippen molar-refractivity contribution in [2.24, 2.45) is 5.92 Å². The van der Waals surface area contributed by atoms with Gasteiger partial charge in [0, 0.05) is 23.5 Å². The van der Waals surface area contributed by atoms with Gasteiger partial charge in [0.25, 0.3) is 0 Å². The molecular formula is C20H27N3O3S. The molecule has 2 amide bonds. The Hall–Kier alpha value is -2.41. The molecule has 7 heteroatoms. The molecular weight excluding hydrogens is 362 g/mol. The molecule has 0 aliphatic rings. The van der Waals surface area contributed by atoms with Gasteiger partial charge in [0.05, 0.1) is 18.7 Å². The lowest BCUT2D eigenvalue weighted by Crippen LogP contribution is -2.44. The molecule has 1 heterocycles. The van der Waals surface area contributed by atoms with Gasteiger partial charge >= 0.3 is 6.09 Å². The summed E-state index contributed by atoms with van der Waals surface area (Å²) in [6, 6.07) is 9.73. The van der Waals surface area contributed by atoms with Crippen LogP contribution in [0.2, 0.25) is 0 Å². The van der Waals surface area contributed by atoms with E-state index >= 15 is 0 Å². The van der Waals surface area contributed by atoms with Crippen molar-refractivity contribution in [3.05, 3.63) is 41.4 Å². The molecule has 2 N–H and O–H groups in total. The third-order valence-corrected chi connectivity index (χ3v) is 4.75. The Morgan fingerprint density at radius 2 is 1.96 bits per heavy atom. The van der Waals surface area contributed by atoms with Crippen molar-refractivity contribution >= 4 is 23.3 Å². The van der Waals surface area contributed by atoms with Crippen molar-refractivity contribution < 1.29 is 14.3 Å². The lowest BCUT2D eigenvalue weighted by molar-refractivity contribution is -0.120. The molecule has 0 aliphatic heterocycles. The van der Waals surface area contributed by atoms with Crippen molar-refractivity contribution in [2.45, 2.75) is 39.7 Å². The zero-order valence-electron chi connectivity index (χ0n) is 16.0. The standard InChI is InChI=1S/C20H27N3O3S/c1-4-26-20(25)23-16(10-14(2)3)12-21-18(24)11-17-13-27-19(22-17)15-8-6-5-7-9-15/h5-9,13-14,16H,4,10-12H2,1-3H3,(H,21,24)(H,23,25). The van der Waals surface area contributed by atoms with Gasteiger partial charge < -0.3 is 15.4 Å². The maximum Gasteiger partial charge on any atom is 0.407 e. The van der Waals surface area contributed by atoms with E-state index in [0.29, 0.717) is 19.1 Å². The van der Waals surface area contributed by atoms with Crippen LogP contribution in [0.4, 0.5) is 4.79 Å². The Morgan fingerprint density at radius 3 is 2.63 bits per heavy atom. The molecule has 2 aromatic rings. The Bertz CT molecular complexity index is 731. The zero-order valence-corrected chi connectivity index (χ0v) is 16.8. The minimum atomic E-state index is -0.454. The molecule has 146 valence electrons.